The van der Waals surface area contributed by atoms with Gasteiger partial charge in [0.25, 0.3) is 0 Å². The third-order valence-electron chi connectivity index (χ3n) is 2.87. The number of hydrogen-bond donors (Lipinski definition) is 3. The van der Waals surface area contributed by atoms with E-state index in [1.54, 1.807) is 12.3 Å². The molecule has 0 saturated carbocycles. The second-order valence-corrected chi connectivity index (χ2v) is 5.67. The maximum atomic E-state index is 14.0. The summed E-state index contributed by atoms with van der Waals surface area (Å²) in [5, 5.41) is 9.39. The van der Waals surface area contributed by atoms with Gasteiger partial charge in [-0.05, 0) is 0 Å². The molecule has 0 aliphatic heterocycles. The number of aromatic nitrogens is 1. The number of ether oxygens (including phenoxy) is 1. The third-order valence-corrected chi connectivity index (χ3v) is 3.94. The van der Waals surface area contributed by atoms with Gasteiger partial charge in [0.1, 0.15) is 0 Å². The van der Waals surface area contributed by atoms with E-state index in [1.165, 1.54) is 31.8 Å². The molecule has 1 aromatic heterocycles. The van der Waals surface area contributed by atoms with Crippen LogP contribution < -0.4 is 13.7 Å². The number of carbonyl (C=O) groups is 1. The molecule has 5 nitrogen and oxygen atoms in total. The third kappa shape index (κ3) is 2.58. The fourth-order valence-electron chi connectivity index (χ4n) is 1.93. The number of rotatable bonds is 4. The molecule has 0 spiro atoms. The van der Waals surface area contributed by atoms with Crippen molar-refractivity contribution < 1.29 is 43.7 Å². The molecule has 0 aliphatic carbocycles. The van der Waals surface area contributed by atoms with Crippen LogP contribution in [0.5, 0.6) is 5.75 Å². The first-order valence-electron chi connectivity index (χ1n) is 5.46. The number of methoxy groups -OCH3 is 1. The first-order chi connectivity index (χ1) is 8.95. The van der Waals surface area contributed by atoms with Crippen molar-refractivity contribution in [2.75, 3.05) is 7.11 Å². The van der Waals surface area contributed by atoms with E-state index >= 15 is 0 Å². The Morgan fingerprint density at radius 1 is 1.68 bits per heavy atom. The molecule has 1 atom stereocenters. The molecule has 1 heterocycles. The first kappa shape index (κ1) is 14.2. The molecule has 0 amide bonds. The number of aliphatic carboxylic acids is 1. The molecule has 1 aromatic carbocycles. The Morgan fingerprint density at radius 2 is 2.37 bits per heavy atom. The Morgan fingerprint density at radius 3 is 2.95 bits per heavy atom. The van der Waals surface area contributed by atoms with Crippen LogP contribution >= 0.6 is 0 Å². The fraction of sp³-hybridized carbons (Fsp3) is 0.250. The van der Waals surface area contributed by atoms with Gasteiger partial charge in [-0.25, -0.2) is 0 Å². The van der Waals surface area contributed by atoms with Crippen molar-refractivity contribution >= 4 is 20.1 Å². The van der Waals surface area contributed by atoms with E-state index in [-0.39, 0.29) is 12.2 Å². The van der Waals surface area contributed by atoms with E-state index < -0.39 is 12.0 Å². The number of H-pyrrole nitrogens is 1. The van der Waals surface area contributed by atoms with Crippen molar-refractivity contribution in [1.82, 2.24) is 4.98 Å². The SMILES string of the molecule is COc1cc([At])c(F)c2[nH]cc(CC(N)C(=O)O)c12. The summed E-state index contributed by atoms with van der Waals surface area (Å²) < 4.78 is 19.8. The summed E-state index contributed by atoms with van der Waals surface area (Å²) in [6, 6.07) is 0.579. The van der Waals surface area contributed by atoms with E-state index in [0.717, 1.165) is 0 Å². The molecule has 0 fully saturated rings. The quantitative estimate of drug-likeness (QED) is 0.617. The number of aromatic amines is 1. The van der Waals surface area contributed by atoms with Gasteiger partial charge in [0, 0.05) is 0 Å². The number of carboxylic acid groups (broad SMARTS) is 1. The average molecular weight is 461 g/mol. The van der Waals surface area contributed by atoms with Gasteiger partial charge in [0.15, 0.2) is 0 Å². The zero-order chi connectivity index (χ0) is 14.2. The van der Waals surface area contributed by atoms with Gasteiger partial charge in [0.2, 0.25) is 0 Å². The fourth-order valence-corrected chi connectivity index (χ4v) is 2.69. The molecule has 0 bridgehead atoms. The monoisotopic (exact) mass is 461 g/mol. The summed E-state index contributed by atoms with van der Waals surface area (Å²) in [5.74, 6) is -0.922. The van der Waals surface area contributed by atoms with Crippen molar-refractivity contribution in [2.45, 2.75) is 12.5 Å². The van der Waals surface area contributed by atoms with Gasteiger partial charge < -0.3 is 0 Å². The van der Waals surface area contributed by atoms with Gasteiger partial charge in [-0.15, -0.1) is 0 Å². The van der Waals surface area contributed by atoms with Crippen molar-refractivity contribution in [2.24, 2.45) is 5.73 Å². The van der Waals surface area contributed by atoms with Crippen molar-refractivity contribution in [3.05, 3.63) is 23.6 Å². The Kier molecular flexibility index (Phi) is 4.06. The van der Waals surface area contributed by atoms with Crippen LogP contribution in [-0.4, -0.2) is 29.2 Å². The maximum absolute atomic E-state index is 14.0. The van der Waals surface area contributed by atoms with Crippen LogP contribution in [0.15, 0.2) is 12.3 Å². The molecule has 0 aliphatic rings. The molecule has 7 heteroatoms. The number of benzene rings is 1. The molecule has 1 unspecified atom stereocenters. The predicted molar refractivity (Wildman–Crippen MR) is 63.8 cm³/mol. The van der Waals surface area contributed by atoms with Gasteiger partial charge in [-0.2, -0.15) is 0 Å². The normalized spacial score (nSPS) is 12.6. The molecule has 2 aromatic rings. The minimum atomic E-state index is -1.09. The zero-order valence-electron chi connectivity index (χ0n) is 10.0. The second-order valence-electron chi connectivity index (χ2n) is 4.09. The molecule has 0 saturated heterocycles. The topological polar surface area (TPSA) is 88.3 Å². The number of fused-ring (bicyclic) bond motifs is 1. The van der Waals surface area contributed by atoms with Crippen LogP contribution in [0.2, 0.25) is 0 Å². The summed E-state index contributed by atoms with van der Waals surface area (Å²) in [4.78, 5) is 13.6. The van der Waals surface area contributed by atoms with Crippen molar-refractivity contribution in [3.63, 3.8) is 0 Å². The van der Waals surface area contributed by atoms with Gasteiger partial charge in [0.05, 0.1) is 0 Å². The van der Waals surface area contributed by atoms with Gasteiger partial charge >= 0.3 is 124 Å². The molecular weight excluding hydrogens is 449 g/mol. The van der Waals surface area contributed by atoms with Gasteiger partial charge in [-0.3, -0.25) is 0 Å². The predicted octanol–water partition coefficient (Wildman–Crippen LogP) is 0.445. The number of nitrogens with one attached hydrogen (secondary N) is 1. The Labute approximate surface area is 123 Å². The standard InChI is InChI=1S/C12H12AtFN2O3/c1-19-8-3-6(13)10(14)11-9(8)5(4-16-11)2-7(15)12(17)18/h3-4,7,16H,2,15H2,1H3,(H,17,18). The number of halogens is 1. The number of carboxylic acids is 1. The number of hydrogen-bond acceptors (Lipinski definition) is 3. The molecule has 2 rings (SSSR count). The van der Waals surface area contributed by atoms with Crippen LogP contribution in [0.1, 0.15) is 5.56 Å². The van der Waals surface area contributed by atoms with Crippen molar-refractivity contribution in [3.8, 4) is 5.75 Å². The molecule has 0 radical (unpaired) electrons. The van der Waals surface area contributed by atoms with Crippen LogP contribution in [0, 0.1) is 30.5 Å². The Bertz CT molecular complexity index is 641. The van der Waals surface area contributed by atoms with Crippen LogP contribution in [0.25, 0.3) is 10.9 Å². The molecule has 102 valence electrons. The summed E-state index contributed by atoms with van der Waals surface area (Å²) in [5.41, 5.74) is 6.47. The average Bonchev–Trinajstić information content (AvgIpc) is 2.78. The van der Waals surface area contributed by atoms with E-state index in [0.29, 0.717) is 25.5 Å². The minimum absolute atomic E-state index is 0.110. The summed E-state index contributed by atoms with van der Waals surface area (Å²) in [7, 11) is 1.49. The van der Waals surface area contributed by atoms with Crippen LogP contribution in [-0.2, 0) is 11.2 Å². The summed E-state index contributed by atoms with van der Waals surface area (Å²) in [6.07, 6.45) is 1.68. The van der Waals surface area contributed by atoms with E-state index in [1.807, 2.05) is 0 Å². The van der Waals surface area contributed by atoms with Crippen LogP contribution in [0.3, 0.4) is 0 Å². The van der Waals surface area contributed by atoms with Crippen molar-refractivity contribution in [1.29, 1.82) is 0 Å². The molecule has 19 heavy (non-hydrogen) atoms. The van der Waals surface area contributed by atoms with E-state index in [2.05, 4.69) is 4.98 Å². The van der Waals surface area contributed by atoms with E-state index in [4.69, 9.17) is 15.6 Å². The zero-order valence-corrected chi connectivity index (χ0v) is 13.0. The summed E-state index contributed by atoms with van der Waals surface area (Å²) >= 11 is 1.21. The Hall–Kier alpha value is -1.20. The summed E-state index contributed by atoms with van der Waals surface area (Å²) in [6.45, 7) is 0. The van der Waals surface area contributed by atoms with E-state index in [9.17, 15) is 9.18 Å². The second kappa shape index (κ2) is 5.43. The van der Waals surface area contributed by atoms with Gasteiger partial charge in [-0.1, -0.05) is 0 Å². The Balaban J connectivity index is 2.58. The van der Waals surface area contributed by atoms with Crippen LogP contribution in [0.4, 0.5) is 4.39 Å². The first-order valence-corrected chi connectivity index (χ1v) is 6.93. The molecular formula is C12H12AtFN2O3. The number of nitrogens with two attached hydrogens (primary N) is 1. The molecule has 4 N–H and O–H groups in total.